The molecule has 1 spiro atoms. The number of hydrogen-bond acceptors (Lipinski definition) is 14. The van der Waals surface area contributed by atoms with E-state index in [1.54, 1.807) is 12.1 Å². The lowest BCUT2D eigenvalue weighted by molar-refractivity contribution is -0.362. The maximum Gasteiger partial charge on any atom is 0.236 e. The molecule has 4 aliphatic rings. The molecule has 10 aromatic carbocycles. The number of nitrogens with zero attached hydrogens (tertiary/aromatic N) is 1. The number of para-hydroxylation sites is 1. The van der Waals surface area contributed by atoms with E-state index in [1.165, 1.54) is 0 Å². The van der Waals surface area contributed by atoms with Gasteiger partial charge in [-0.2, -0.15) is 0 Å². The minimum atomic E-state index is -4.28. The summed E-state index contributed by atoms with van der Waals surface area (Å²) in [5.41, 5.74) is 6.75. The molecule has 0 aromatic heterocycles. The van der Waals surface area contributed by atoms with Crippen molar-refractivity contribution in [3.8, 4) is 0 Å². The van der Waals surface area contributed by atoms with Crippen LogP contribution >= 0.6 is 0 Å². The van der Waals surface area contributed by atoms with Crippen molar-refractivity contribution in [2.75, 3.05) is 23.9 Å². The molecule has 4 unspecified atom stereocenters. The van der Waals surface area contributed by atoms with Gasteiger partial charge in [0.1, 0.15) is 54.9 Å². The van der Waals surface area contributed by atoms with Crippen LogP contribution in [0.25, 0.3) is 0 Å². The largest absolute Gasteiger partial charge is 0.385 e. The second-order valence-corrected chi connectivity index (χ2v) is 29.5. The summed E-state index contributed by atoms with van der Waals surface area (Å²) in [4.78, 5) is 16.7. The van der Waals surface area contributed by atoms with Crippen LogP contribution in [0, 0.1) is 5.41 Å². The zero-order valence-corrected chi connectivity index (χ0v) is 59.0. The molecule has 15 nitrogen and oxygen atoms in total. The number of β-lactam (4-membered cyclic amide) rings is 1. The van der Waals surface area contributed by atoms with E-state index in [2.05, 4.69) is 0 Å². The number of aliphatic hydroxyl groups is 1. The molecule has 0 bridgehead atoms. The number of amides is 1. The molecular weight excluding hydrogens is 1330 g/mol. The van der Waals surface area contributed by atoms with Crippen molar-refractivity contribution in [2.24, 2.45) is 5.41 Å². The van der Waals surface area contributed by atoms with Crippen molar-refractivity contribution < 1.29 is 65.7 Å². The van der Waals surface area contributed by atoms with Gasteiger partial charge in [-0.15, -0.1) is 0 Å². The molecule has 104 heavy (non-hydrogen) atoms. The fourth-order valence-corrected chi connectivity index (χ4v) is 16.5. The lowest BCUT2D eigenvalue weighted by Crippen LogP contribution is -2.66. The van der Waals surface area contributed by atoms with Gasteiger partial charge in [-0.05, 0) is 100 Å². The monoisotopic (exact) mass is 1420 g/mol. The predicted molar refractivity (Wildman–Crippen MR) is 396 cm³/mol. The van der Waals surface area contributed by atoms with Gasteiger partial charge in [0.15, 0.2) is 16.1 Å². The van der Waals surface area contributed by atoms with Crippen LogP contribution in [-0.4, -0.2) is 99.6 Å². The molecule has 16 heteroatoms. The van der Waals surface area contributed by atoms with E-state index in [0.717, 1.165) is 55.8 Å². The number of carbonyl (C=O) groups is 1. The molecular formula is C88H89NO14S. The Labute approximate surface area is 610 Å². The predicted octanol–water partition coefficient (Wildman–Crippen LogP) is 15.2. The number of carbonyl (C=O) groups excluding carboxylic acids is 1. The van der Waals surface area contributed by atoms with E-state index in [9.17, 15) is 9.90 Å². The average molecular weight is 1420 g/mol. The Morgan fingerprint density at radius 1 is 0.375 bits per heavy atom. The zero-order chi connectivity index (χ0) is 71.0. The van der Waals surface area contributed by atoms with E-state index >= 15 is 8.42 Å². The maximum atomic E-state index is 15.7. The second kappa shape index (κ2) is 34.4. The van der Waals surface area contributed by atoms with Crippen LogP contribution in [0.4, 0.5) is 5.69 Å². The molecule has 3 heterocycles. The van der Waals surface area contributed by atoms with Gasteiger partial charge in [0.25, 0.3) is 0 Å². The molecule has 3 saturated heterocycles. The standard InChI is InChI=1S/C88H89NO14S/c90-86-87(50-52-88(91,53-51-87)72-42-24-8-25-43-72)84(89(86)73-44-26-9-27-45-73)71-46-48-74(49-47-71)104(92,93)63-77-79(97-57-67-34-16-4-17-35-67)81(98-58-68-36-18-5-19-37-68)80(76(101-77)62-95-55-65-30-12-2-13-31-65)103-85-83(100-60-70-40-22-7-23-41-70)82(99-59-69-38-20-6-21-39-69)78(96-56-66-32-14-3-15-33-66)75(102-85)61-94-54-64-28-10-1-11-29-64/h1-49,75-85,91H,50-63H2/t75?,76?,77-,78+,79?,80+,81-,82+,83?,84+,85-,87?,88?/m0/s1. The summed E-state index contributed by atoms with van der Waals surface area (Å²) >= 11 is 0. The number of ether oxygens (including phenoxy) is 10. The van der Waals surface area contributed by atoms with Crippen molar-refractivity contribution in [3.05, 3.63) is 347 Å². The van der Waals surface area contributed by atoms with Crippen LogP contribution in [0.5, 0.6) is 0 Å². The Kier molecular flexibility index (Phi) is 23.9. The van der Waals surface area contributed by atoms with Gasteiger partial charge in [-0.3, -0.25) is 4.79 Å². The Hall–Kier alpha value is -8.82. The Balaban J connectivity index is 0.839. The summed E-state index contributed by atoms with van der Waals surface area (Å²) in [7, 11) is -4.28. The summed E-state index contributed by atoms with van der Waals surface area (Å²) in [6.45, 7) is 1.07. The molecule has 3 aliphatic heterocycles. The lowest BCUT2D eigenvalue weighted by atomic mass is 9.56. The normalized spacial score (nSPS) is 25.5. The van der Waals surface area contributed by atoms with Crippen LogP contribution < -0.4 is 4.90 Å². The first-order valence-electron chi connectivity index (χ1n) is 36.0. The van der Waals surface area contributed by atoms with Crippen LogP contribution in [-0.2, 0) is 114 Å². The molecule has 10 aromatic rings. The Bertz CT molecular complexity index is 4360. The molecule has 4 fully saturated rings. The van der Waals surface area contributed by atoms with Crippen molar-refractivity contribution in [2.45, 2.75) is 150 Å². The topological polar surface area (TPSA) is 167 Å². The number of hydrogen-bond donors (Lipinski definition) is 1. The van der Waals surface area contributed by atoms with Gasteiger partial charge in [0, 0.05) is 5.69 Å². The Morgan fingerprint density at radius 3 is 1.14 bits per heavy atom. The molecule has 1 saturated carbocycles. The number of anilines is 1. The first kappa shape index (κ1) is 72.1. The van der Waals surface area contributed by atoms with Crippen molar-refractivity contribution in [3.63, 3.8) is 0 Å². The third kappa shape index (κ3) is 17.4. The van der Waals surface area contributed by atoms with Gasteiger partial charge in [-0.25, -0.2) is 8.42 Å². The van der Waals surface area contributed by atoms with Gasteiger partial charge in [0.05, 0.1) is 87.2 Å². The van der Waals surface area contributed by atoms with E-state index in [0.29, 0.717) is 25.7 Å². The van der Waals surface area contributed by atoms with Crippen molar-refractivity contribution in [1.29, 1.82) is 0 Å². The van der Waals surface area contributed by atoms with Crippen molar-refractivity contribution in [1.82, 2.24) is 0 Å². The minimum Gasteiger partial charge on any atom is -0.385 e. The summed E-state index contributed by atoms with van der Waals surface area (Å²) in [6, 6.07) is 94.8. The highest BCUT2D eigenvalue weighted by atomic mass is 32.2. The highest BCUT2D eigenvalue weighted by Crippen LogP contribution is 2.61. The first-order valence-corrected chi connectivity index (χ1v) is 37.7. The quantitative estimate of drug-likeness (QED) is 0.0408. The smallest absolute Gasteiger partial charge is 0.236 e. The first-order chi connectivity index (χ1) is 51.1. The van der Waals surface area contributed by atoms with Crippen molar-refractivity contribution >= 4 is 21.4 Å². The third-order valence-electron chi connectivity index (χ3n) is 20.5. The average Bonchev–Trinajstić information content (AvgIpc) is 0.696. The fraction of sp³-hybridized carbons (Fsp3) is 0.307. The van der Waals surface area contributed by atoms with Gasteiger partial charge >= 0.3 is 0 Å². The Morgan fingerprint density at radius 2 is 0.721 bits per heavy atom. The highest BCUT2D eigenvalue weighted by molar-refractivity contribution is 7.91. The number of benzene rings is 10. The van der Waals surface area contributed by atoms with Gasteiger partial charge < -0.3 is 57.4 Å². The third-order valence-corrected chi connectivity index (χ3v) is 22.3. The van der Waals surface area contributed by atoms with Gasteiger partial charge in [-0.1, -0.05) is 273 Å². The second-order valence-electron chi connectivity index (χ2n) is 27.5. The lowest BCUT2D eigenvalue weighted by Gasteiger charge is -2.59. The molecule has 1 aliphatic carbocycles. The zero-order valence-electron chi connectivity index (χ0n) is 58.2. The molecule has 0 radical (unpaired) electrons. The van der Waals surface area contributed by atoms with E-state index < -0.39 is 93.9 Å². The summed E-state index contributed by atoms with van der Waals surface area (Å²) in [5, 5.41) is 12.1. The SMILES string of the molecule is O=C1N(c2ccccc2)[C@H](c2ccc(S(=O)(=O)C[C@@H]3OC(COCc4ccccc4)[C@@H](O[C@@H]4OC(COCc5ccccc5)[C@@H](OCc5ccccc5)[C@@H](OCc5ccccc5)C4OCc4ccccc4)[C@@H](OCc4ccccc4)C3OCc3ccccc3)cc2)C12CCC(O)(c1ccccc1)CC2. The van der Waals surface area contributed by atoms with Gasteiger partial charge in [0.2, 0.25) is 5.91 Å². The number of rotatable bonds is 31. The molecule has 1 N–H and O–H groups in total. The van der Waals surface area contributed by atoms with Crippen LogP contribution in [0.2, 0.25) is 0 Å². The minimum absolute atomic E-state index is 0.0173. The summed E-state index contributed by atoms with van der Waals surface area (Å²) in [6.07, 6.45) is -8.73. The summed E-state index contributed by atoms with van der Waals surface area (Å²) in [5.74, 6) is -0.561. The van der Waals surface area contributed by atoms with E-state index in [-0.39, 0.29) is 70.3 Å². The van der Waals surface area contributed by atoms with Crippen LogP contribution in [0.15, 0.2) is 302 Å². The summed E-state index contributed by atoms with van der Waals surface area (Å²) < 4.78 is 103. The fourth-order valence-electron chi connectivity index (χ4n) is 15.0. The molecule has 536 valence electrons. The maximum absolute atomic E-state index is 15.7. The molecule has 1 amide bonds. The molecule has 14 rings (SSSR count). The number of sulfone groups is 1. The van der Waals surface area contributed by atoms with E-state index in [1.807, 2.05) is 290 Å². The van der Waals surface area contributed by atoms with E-state index in [4.69, 9.17) is 47.4 Å². The molecule has 11 atom stereocenters. The van der Waals surface area contributed by atoms with Crippen LogP contribution in [0.1, 0.15) is 81.8 Å². The highest BCUT2D eigenvalue weighted by Gasteiger charge is 2.64. The van der Waals surface area contributed by atoms with Crippen LogP contribution in [0.3, 0.4) is 0 Å².